The Kier molecular flexibility index (Phi) is 31.2. The second kappa shape index (κ2) is 33.3. The number of carbonyl (C=O) groups is 2. The molecular weight excluding hydrogens is 1080 g/mol. The fourth-order valence-corrected chi connectivity index (χ4v) is 26.3. The SMILES string of the molecule is COC(=O)/C=C/C(C)=C/C[C@@H](C[C@@H]1C=CC[C@@H](C[C@H](OC)[C@@H](C)[C@H](C[C@@H](OC)[C@H](C)[C@@H]2O[Si](C(C)(C)C)(C(C)(C)C)O[C@@H]([C@@H](C)CCC(=O)[C@H](C)[C@H](OC)[C@H](C)CCO[Si](C(C)C)(C(C)C)C(C)C)[C@@H]2C)OC)O1)O[Si](C)(C)C(C)(C)C. The second-order valence-corrected chi connectivity index (χ2v) is 44.7. The lowest BCUT2D eigenvalue weighted by Crippen LogP contribution is -2.68. The molecule has 0 aromatic heterocycles. The van der Waals surface area contributed by atoms with E-state index in [0.717, 1.165) is 18.4 Å². The van der Waals surface area contributed by atoms with Crippen LogP contribution >= 0.6 is 0 Å². The lowest BCUT2D eigenvalue weighted by Gasteiger charge is -2.59. The van der Waals surface area contributed by atoms with E-state index in [0.29, 0.717) is 61.8 Å². The third-order valence-electron chi connectivity index (χ3n) is 19.9. The summed E-state index contributed by atoms with van der Waals surface area (Å²) in [6.45, 7) is 55.1. The molecule has 1 saturated heterocycles. The topological polar surface area (TPSA) is 126 Å². The Labute approximate surface area is 507 Å². The summed E-state index contributed by atoms with van der Waals surface area (Å²) in [5, 5.41) is -0.477. The quantitative estimate of drug-likeness (QED) is 0.0200. The minimum atomic E-state index is -3.04. The first-order valence-electron chi connectivity index (χ1n) is 31.8. The predicted molar refractivity (Wildman–Crippen MR) is 347 cm³/mol. The molecular formula is C67H128O12Si3. The Morgan fingerprint density at radius 1 is 0.720 bits per heavy atom. The number of carbonyl (C=O) groups excluding carboxylic acids is 2. The van der Waals surface area contributed by atoms with Crippen molar-refractivity contribution < 1.29 is 55.7 Å². The van der Waals surface area contributed by atoms with Gasteiger partial charge >= 0.3 is 14.5 Å². The average Bonchev–Trinajstić information content (AvgIpc) is 2.12. The molecule has 0 aromatic rings. The highest BCUT2D eigenvalue weighted by Gasteiger charge is 2.64. The first-order valence-corrected chi connectivity index (χ1v) is 38.7. The molecule has 0 unspecified atom stereocenters. The highest BCUT2D eigenvalue weighted by molar-refractivity contribution is 6.77. The zero-order valence-electron chi connectivity index (χ0n) is 58.0. The van der Waals surface area contributed by atoms with Crippen molar-refractivity contribution in [2.45, 2.75) is 303 Å². The molecule has 2 aliphatic rings. The molecule has 2 rings (SSSR count). The number of hydrogen-bond donors (Lipinski definition) is 0. The molecule has 0 N–H and O–H groups in total. The number of Topliss-reactive ketones (excluding diaryl/α,β-unsaturated/α-hetero) is 1. The number of hydrogen-bond acceptors (Lipinski definition) is 12. The van der Waals surface area contributed by atoms with E-state index in [1.165, 1.54) is 13.2 Å². The molecule has 0 bridgehead atoms. The monoisotopic (exact) mass is 1210 g/mol. The highest BCUT2D eigenvalue weighted by atomic mass is 28.4. The van der Waals surface area contributed by atoms with Gasteiger partial charge in [-0.15, -0.1) is 0 Å². The molecule has 0 aromatic carbocycles. The van der Waals surface area contributed by atoms with Crippen LogP contribution in [0, 0.1) is 35.5 Å². The third kappa shape index (κ3) is 20.4. The van der Waals surface area contributed by atoms with Crippen molar-refractivity contribution in [2.75, 3.05) is 42.2 Å². The molecule has 0 spiro atoms. The molecule has 82 heavy (non-hydrogen) atoms. The van der Waals surface area contributed by atoms with E-state index in [2.05, 4.69) is 177 Å². The summed E-state index contributed by atoms with van der Waals surface area (Å²) < 4.78 is 66.5. The van der Waals surface area contributed by atoms with Crippen LogP contribution in [0.1, 0.15) is 204 Å². The van der Waals surface area contributed by atoms with Crippen LogP contribution in [-0.4, -0.2) is 134 Å². The van der Waals surface area contributed by atoms with Crippen molar-refractivity contribution in [3.63, 3.8) is 0 Å². The van der Waals surface area contributed by atoms with Gasteiger partial charge < -0.3 is 46.1 Å². The third-order valence-corrected chi connectivity index (χ3v) is 35.7. The molecule has 2 heterocycles. The van der Waals surface area contributed by atoms with Crippen LogP contribution < -0.4 is 0 Å². The Balaban J connectivity index is 2.36. The van der Waals surface area contributed by atoms with Crippen molar-refractivity contribution in [2.24, 2.45) is 35.5 Å². The van der Waals surface area contributed by atoms with Crippen molar-refractivity contribution in [1.82, 2.24) is 0 Å². The maximum absolute atomic E-state index is 14.3. The smallest absolute Gasteiger partial charge is 0.349 e. The first kappa shape index (κ1) is 76.7. The van der Waals surface area contributed by atoms with E-state index >= 15 is 0 Å². The summed E-state index contributed by atoms with van der Waals surface area (Å²) in [6, 6.07) is 0. The summed E-state index contributed by atoms with van der Waals surface area (Å²) in [4.78, 5) is 26.1. The van der Waals surface area contributed by atoms with Gasteiger partial charge in [-0.2, -0.15) is 0 Å². The van der Waals surface area contributed by atoms with Crippen LogP contribution in [0.25, 0.3) is 0 Å². The summed E-state index contributed by atoms with van der Waals surface area (Å²) in [5.74, 6) is -0.0853. The van der Waals surface area contributed by atoms with E-state index in [-0.39, 0.29) is 117 Å². The maximum Gasteiger partial charge on any atom is 0.349 e. The maximum atomic E-state index is 14.3. The van der Waals surface area contributed by atoms with Gasteiger partial charge in [0.1, 0.15) is 5.78 Å². The molecule has 15 heteroatoms. The first-order chi connectivity index (χ1) is 37.8. The van der Waals surface area contributed by atoms with Gasteiger partial charge in [-0.1, -0.05) is 175 Å². The van der Waals surface area contributed by atoms with Crippen molar-refractivity contribution in [3.8, 4) is 0 Å². The number of esters is 1. The fourth-order valence-electron chi connectivity index (χ4n) is 14.1. The number of ether oxygens (including phenoxy) is 6. The molecule has 1 fully saturated rings. The van der Waals surface area contributed by atoms with Crippen LogP contribution in [0.4, 0.5) is 0 Å². The van der Waals surface area contributed by atoms with E-state index in [9.17, 15) is 9.59 Å². The molecule has 12 nitrogen and oxygen atoms in total. The van der Waals surface area contributed by atoms with Gasteiger partial charge in [0.25, 0.3) is 0 Å². The molecule has 0 amide bonds. The van der Waals surface area contributed by atoms with Crippen LogP contribution in [0.15, 0.2) is 36.0 Å². The largest absolute Gasteiger partial charge is 0.466 e. The van der Waals surface area contributed by atoms with Crippen LogP contribution in [0.2, 0.25) is 44.8 Å². The molecule has 2 aliphatic heterocycles. The molecule has 0 radical (unpaired) electrons. The number of rotatable bonds is 34. The van der Waals surface area contributed by atoms with Crippen LogP contribution in [0.5, 0.6) is 0 Å². The van der Waals surface area contributed by atoms with Crippen molar-refractivity contribution in [1.29, 1.82) is 0 Å². The average molecular weight is 1210 g/mol. The zero-order chi connectivity index (χ0) is 63.1. The number of ketones is 1. The van der Waals surface area contributed by atoms with Gasteiger partial charge in [-0.05, 0) is 79.2 Å². The second-order valence-electron chi connectivity index (χ2n) is 29.8. The van der Waals surface area contributed by atoms with Gasteiger partial charge in [-0.3, -0.25) is 4.79 Å². The Bertz CT molecular complexity index is 1950. The van der Waals surface area contributed by atoms with Crippen LogP contribution in [-0.2, 0) is 55.7 Å². The fraction of sp³-hybridized carbons (Fsp3) is 0.881. The number of methoxy groups -OCH3 is 5. The van der Waals surface area contributed by atoms with E-state index in [4.69, 9.17) is 46.1 Å². The van der Waals surface area contributed by atoms with Gasteiger partial charge in [0.15, 0.2) is 16.6 Å². The van der Waals surface area contributed by atoms with Gasteiger partial charge in [0.05, 0.1) is 62.0 Å². The zero-order valence-corrected chi connectivity index (χ0v) is 61.0. The molecule has 0 saturated carbocycles. The lowest BCUT2D eigenvalue weighted by atomic mass is 9.78. The van der Waals surface area contributed by atoms with E-state index in [1.807, 2.05) is 14.0 Å². The summed E-state index contributed by atoms with van der Waals surface area (Å²) in [5.41, 5.74) is 2.54. The Hall–Kier alpha value is -1.35. The minimum Gasteiger partial charge on any atom is -0.466 e. The van der Waals surface area contributed by atoms with Gasteiger partial charge in [-0.25, -0.2) is 4.79 Å². The predicted octanol–water partition coefficient (Wildman–Crippen LogP) is 17.0. The Morgan fingerprint density at radius 3 is 1.76 bits per heavy atom. The molecule has 0 aliphatic carbocycles. The van der Waals surface area contributed by atoms with E-state index in [1.54, 1.807) is 27.4 Å². The summed E-state index contributed by atoms with van der Waals surface area (Å²) >= 11 is 0. The normalized spacial score (nSPS) is 24.5. The summed E-state index contributed by atoms with van der Waals surface area (Å²) in [6.07, 6.45) is 14.2. The molecule has 480 valence electrons. The highest BCUT2D eigenvalue weighted by Crippen LogP contribution is 2.58. The minimum absolute atomic E-state index is 0.0124. The van der Waals surface area contributed by atoms with Gasteiger partial charge in [0.2, 0.25) is 0 Å². The van der Waals surface area contributed by atoms with Gasteiger partial charge in [0, 0.05) is 101 Å². The summed E-state index contributed by atoms with van der Waals surface area (Å²) in [7, 11) is 1.40. The standard InChI is InChI=1S/C67H128O12Si3/c1-44(2)81(45(3)4,46(5)6)75-40-39-49(9)62(74-27)50(10)57(68)37-35-48(8)63-53(13)64(79-82(78-63,66(17,18)19)67(20,21)22)52(12)60(72-25)43-59(71-24)51(11)58(70-23)42-55-32-30-31-54(76-55)41-56(77-80(28,29)65(14,15)16)36-33-47(7)34-38-61(69)73-26/h30-31,33-34,38,44-46,48-56,58-60,62-64H,32,35-37,39-43H2,1-29H3/b38-34+,47-33+/t48-,49+,50-,51+,52-,53-,54-,55-,56-,58-,59-,60+,62+,63-,64-/m0/s1. The molecule has 15 atom stereocenters. The van der Waals surface area contributed by atoms with E-state index < -0.39 is 25.2 Å². The van der Waals surface area contributed by atoms with Crippen molar-refractivity contribution >= 4 is 36.9 Å². The van der Waals surface area contributed by atoms with Crippen molar-refractivity contribution in [3.05, 3.63) is 36.0 Å². The van der Waals surface area contributed by atoms with Crippen LogP contribution in [0.3, 0.4) is 0 Å². The Morgan fingerprint density at radius 2 is 1.27 bits per heavy atom. The lowest BCUT2D eigenvalue weighted by molar-refractivity contribution is -0.136. The number of allylic oxidation sites excluding steroid dienone is 2.